The lowest BCUT2D eigenvalue weighted by atomic mass is 9.95. The van der Waals surface area contributed by atoms with Crippen molar-refractivity contribution in [2.75, 3.05) is 25.5 Å². The van der Waals surface area contributed by atoms with Gasteiger partial charge in [-0.05, 0) is 49.2 Å². The van der Waals surface area contributed by atoms with Crippen LogP contribution in [0.2, 0.25) is 0 Å². The maximum Gasteiger partial charge on any atom is 0.225 e. The molecule has 1 fully saturated rings. The summed E-state index contributed by atoms with van der Waals surface area (Å²) in [5.41, 5.74) is 2.02. The largest absolute Gasteiger partial charge is 0.497 e. The third-order valence-corrected chi connectivity index (χ3v) is 4.66. The topological polar surface area (TPSA) is 54.5 Å². The number of carbonyl (C=O) groups is 1. The highest BCUT2D eigenvalue weighted by Gasteiger charge is 2.24. The average molecular weight is 339 g/mol. The highest BCUT2D eigenvalue weighted by Crippen LogP contribution is 2.32. The molecule has 2 heterocycles. The first-order valence-corrected chi connectivity index (χ1v) is 8.84. The van der Waals surface area contributed by atoms with Crippen LogP contribution in [0.5, 0.6) is 5.75 Å². The van der Waals surface area contributed by atoms with Crippen LogP contribution >= 0.6 is 0 Å². The highest BCUT2D eigenvalue weighted by atomic mass is 16.5. The Kier molecular flexibility index (Phi) is 6.01. The first-order chi connectivity index (χ1) is 12.3. The number of methoxy groups -OCH3 is 1. The van der Waals surface area contributed by atoms with Crippen molar-refractivity contribution < 1.29 is 9.53 Å². The van der Waals surface area contributed by atoms with E-state index in [-0.39, 0.29) is 5.91 Å². The molecule has 0 radical (unpaired) electrons. The number of amides is 1. The predicted octanol–water partition coefficient (Wildman–Crippen LogP) is 3.65. The van der Waals surface area contributed by atoms with Crippen molar-refractivity contribution in [3.63, 3.8) is 0 Å². The summed E-state index contributed by atoms with van der Waals surface area (Å²) in [6, 6.07) is 12.3. The van der Waals surface area contributed by atoms with Crippen LogP contribution in [0, 0.1) is 0 Å². The molecule has 1 atom stereocenters. The van der Waals surface area contributed by atoms with Crippen LogP contribution in [0.25, 0.3) is 0 Å². The molecule has 25 heavy (non-hydrogen) atoms. The molecular formula is C20H25N3O2. The predicted molar refractivity (Wildman–Crippen MR) is 98.6 cm³/mol. The lowest BCUT2D eigenvalue weighted by molar-refractivity contribution is -0.116. The van der Waals surface area contributed by atoms with Gasteiger partial charge < -0.3 is 10.1 Å². The molecule has 0 unspecified atom stereocenters. The van der Waals surface area contributed by atoms with Crippen molar-refractivity contribution in [1.82, 2.24) is 9.88 Å². The molecule has 1 N–H and O–H groups in total. The first kappa shape index (κ1) is 17.4. The van der Waals surface area contributed by atoms with Gasteiger partial charge in [0.25, 0.3) is 0 Å². The maximum absolute atomic E-state index is 12.2. The molecule has 1 aliphatic rings. The maximum atomic E-state index is 12.2. The minimum absolute atomic E-state index is 0.0305. The summed E-state index contributed by atoms with van der Waals surface area (Å²) in [5.74, 6) is 0.917. The van der Waals surface area contributed by atoms with E-state index in [2.05, 4.69) is 27.3 Å². The van der Waals surface area contributed by atoms with Gasteiger partial charge >= 0.3 is 0 Å². The number of likely N-dealkylation sites (tertiary alicyclic amines) is 1. The fraction of sp³-hybridized carbons (Fsp3) is 0.400. The number of carbonyl (C=O) groups excluding carboxylic acids is 1. The highest BCUT2D eigenvalue weighted by molar-refractivity contribution is 5.90. The molecule has 3 rings (SSSR count). The Balaban J connectivity index is 1.60. The number of piperidine rings is 1. The number of rotatable bonds is 6. The standard InChI is InChI=1S/C20H25N3O2/c1-25-18-8-4-6-16(14-18)19-9-2-3-12-23(19)13-10-20(24)22-17-7-5-11-21-15-17/h4-8,11,14-15,19H,2-3,9-10,12-13H2,1H3,(H,22,24)/t19-/m0/s1. The lowest BCUT2D eigenvalue weighted by Gasteiger charge is -2.36. The first-order valence-electron chi connectivity index (χ1n) is 8.84. The Bertz CT molecular complexity index is 690. The van der Waals surface area contributed by atoms with Crippen molar-refractivity contribution in [1.29, 1.82) is 0 Å². The van der Waals surface area contributed by atoms with Gasteiger partial charge in [-0.3, -0.25) is 14.7 Å². The van der Waals surface area contributed by atoms with Gasteiger partial charge in [0.1, 0.15) is 5.75 Å². The molecule has 5 nitrogen and oxygen atoms in total. The van der Waals surface area contributed by atoms with Crippen LogP contribution in [-0.2, 0) is 4.79 Å². The number of anilines is 1. The smallest absolute Gasteiger partial charge is 0.225 e. The van der Waals surface area contributed by atoms with E-state index in [4.69, 9.17) is 4.74 Å². The SMILES string of the molecule is COc1cccc([C@@H]2CCCCN2CCC(=O)Nc2cccnc2)c1. The quantitative estimate of drug-likeness (QED) is 0.873. The number of pyridine rings is 1. The number of hydrogen-bond acceptors (Lipinski definition) is 4. The monoisotopic (exact) mass is 339 g/mol. The van der Waals surface area contributed by atoms with Crippen molar-refractivity contribution in [2.45, 2.75) is 31.7 Å². The van der Waals surface area contributed by atoms with Gasteiger partial charge in [0.15, 0.2) is 0 Å². The fourth-order valence-electron chi connectivity index (χ4n) is 3.39. The Labute approximate surface area is 149 Å². The summed E-state index contributed by atoms with van der Waals surface area (Å²) in [5, 5.41) is 2.91. The Morgan fingerprint density at radius 2 is 2.24 bits per heavy atom. The van der Waals surface area contributed by atoms with E-state index in [9.17, 15) is 4.79 Å². The zero-order valence-electron chi connectivity index (χ0n) is 14.6. The second kappa shape index (κ2) is 8.62. The summed E-state index contributed by atoms with van der Waals surface area (Å²) in [4.78, 5) is 18.6. The zero-order valence-corrected chi connectivity index (χ0v) is 14.6. The molecule has 0 spiro atoms. The summed E-state index contributed by atoms with van der Waals surface area (Å²) in [7, 11) is 1.69. The number of nitrogens with zero attached hydrogens (tertiary/aromatic N) is 2. The number of aromatic nitrogens is 1. The number of hydrogen-bond donors (Lipinski definition) is 1. The minimum Gasteiger partial charge on any atom is -0.497 e. The molecule has 1 amide bonds. The van der Waals surface area contributed by atoms with Gasteiger partial charge in [0, 0.05) is 25.2 Å². The van der Waals surface area contributed by atoms with Crippen molar-refractivity contribution >= 4 is 11.6 Å². The van der Waals surface area contributed by atoms with Crippen LogP contribution in [0.1, 0.15) is 37.3 Å². The van der Waals surface area contributed by atoms with Gasteiger partial charge in [-0.15, -0.1) is 0 Å². The van der Waals surface area contributed by atoms with E-state index in [1.165, 1.54) is 18.4 Å². The molecule has 2 aromatic rings. The molecule has 1 aromatic heterocycles. The van der Waals surface area contributed by atoms with Gasteiger partial charge in [-0.1, -0.05) is 18.6 Å². The minimum atomic E-state index is 0.0305. The van der Waals surface area contributed by atoms with Crippen molar-refractivity contribution in [2.24, 2.45) is 0 Å². The van der Waals surface area contributed by atoms with E-state index < -0.39 is 0 Å². The van der Waals surface area contributed by atoms with E-state index in [1.54, 1.807) is 19.5 Å². The van der Waals surface area contributed by atoms with E-state index >= 15 is 0 Å². The molecule has 1 saturated heterocycles. The average Bonchev–Trinajstić information content (AvgIpc) is 2.67. The lowest BCUT2D eigenvalue weighted by Crippen LogP contribution is -2.35. The number of benzene rings is 1. The summed E-state index contributed by atoms with van der Waals surface area (Å²) < 4.78 is 5.36. The van der Waals surface area contributed by atoms with Gasteiger partial charge in [0.2, 0.25) is 5.91 Å². The van der Waals surface area contributed by atoms with E-state index in [0.29, 0.717) is 12.5 Å². The Morgan fingerprint density at radius 3 is 3.04 bits per heavy atom. The second-order valence-corrected chi connectivity index (χ2v) is 6.36. The van der Waals surface area contributed by atoms with Crippen LogP contribution in [0.15, 0.2) is 48.8 Å². The normalized spacial score (nSPS) is 17.9. The summed E-state index contributed by atoms with van der Waals surface area (Å²) in [6.45, 7) is 1.79. The summed E-state index contributed by atoms with van der Waals surface area (Å²) >= 11 is 0. The van der Waals surface area contributed by atoms with E-state index in [1.807, 2.05) is 24.3 Å². The van der Waals surface area contributed by atoms with Crippen molar-refractivity contribution in [3.05, 3.63) is 54.4 Å². The second-order valence-electron chi connectivity index (χ2n) is 6.36. The third-order valence-electron chi connectivity index (χ3n) is 4.66. The van der Waals surface area contributed by atoms with Crippen LogP contribution < -0.4 is 10.1 Å². The molecule has 1 aliphatic heterocycles. The van der Waals surface area contributed by atoms with Crippen LogP contribution in [-0.4, -0.2) is 36.0 Å². The van der Waals surface area contributed by atoms with Crippen molar-refractivity contribution in [3.8, 4) is 5.75 Å². The summed E-state index contributed by atoms with van der Waals surface area (Å²) in [6.07, 6.45) is 7.37. The molecule has 0 saturated carbocycles. The zero-order chi connectivity index (χ0) is 17.5. The molecule has 132 valence electrons. The van der Waals surface area contributed by atoms with Gasteiger partial charge in [-0.25, -0.2) is 0 Å². The molecule has 0 bridgehead atoms. The number of nitrogens with one attached hydrogen (secondary N) is 1. The van der Waals surface area contributed by atoms with Crippen LogP contribution in [0.4, 0.5) is 5.69 Å². The van der Waals surface area contributed by atoms with Crippen LogP contribution in [0.3, 0.4) is 0 Å². The fourth-order valence-corrected chi connectivity index (χ4v) is 3.39. The molecule has 1 aromatic carbocycles. The number of ether oxygens (including phenoxy) is 1. The Morgan fingerprint density at radius 1 is 1.32 bits per heavy atom. The molecule has 5 heteroatoms. The van der Waals surface area contributed by atoms with E-state index in [0.717, 1.165) is 30.9 Å². The van der Waals surface area contributed by atoms with Gasteiger partial charge in [-0.2, -0.15) is 0 Å². The molecule has 0 aliphatic carbocycles. The molecular weight excluding hydrogens is 314 g/mol. The van der Waals surface area contributed by atoms with Gasteiger partial charge in [0.05, 0.1) is 19.0 Å². The Hall–Kier alpha value is -2.40. The third kappa shape index (κ3) is 4.79.